The molecule has 3 aliphatic rings. The zero-order valence-electron chi connectivity index (χ0n) is 11.9. The van der Waals surface area contributed by atoms with E-state index in [-0.39, 0.29) is 24.0 Å². The Morgan fingerprint density at radius 3 is 2.52 bits per heavy atom. The highest BCUT2D eigenvalue weighted by Gasteiger charge is 2.45. The minimum Gasteiger partial charge on any atom is -0.374 e. The van der Waals surface area contributed by atoms with E-state index < -0.39 is 0 Å². The van der Waals surface area contributed by atoms with E-state index in [4.69, 9.17) is 16.3 Å². The van der Waals surface area contributed by atoms with Gasteiger partial charge in [-0.25, -0.2) is 0 Å². The summed E-state index contributed by atoms with van der Waals surface area (Å²) < 4.78 is 5.81. The zero-order chi connectivity index (χ0) is 14.4. The van der Waals surface area contributed by atoms with Crippen LogP contribution in [-0.2, 0) is 9.53 Å². The predicted molar refractivity (Wildman–Crippen MR) is 81.1 cm³/mol. The van der Waals surface area contributed by atoms with E-state index in [1.165, 1.54) is 18.4 Å². The fraction of sp³-hybridized carbons (Fsp3) is 0.588. The number of hydrogen-bond acceptors (Lipinski definition) is 2. The second-order valence-corrected chi connectivity index (χ2v) is 7.03. The van der Waals surface area contributed by atoms with E-state index in [0.29, 0.717) is 12.0 Å². The number of benzene rings is 1. The summed E-state index contributed by atoms with van der Waals surface area (Å²) in [5, 5.41) is 4.02. The Labute approximate surface area is 130 Å². The summed E-state index contributed by atoms with van der Waals surface area (Å²) in [4.78, 5) is 12.6. The van der Waals surface area contributed by atoms with Gasteiger partial charge in [0.05, 0.1) is 24.2 Å². The van der Waals surface area contributed by atoms with Crippen molar-refractivity contribution < 1.29 is 9.53 Å². The Hall–Kier alpha value is -1.06. The molecule has 0 unspecified atom stereocenters. The maximum absolute atomic E-state index is 12.6. The smallest absolute Gasteiger partial charge is 0.226 e. The number of ether oxygens (including phenoxy) is 1. The molecule has 1 aromatic carbocycles. The Bertz CT molecular complexity index is 540. The Kier molecular flexibility index (Phi) is 3.43. The summed E-state index contributed by atoms with van der Waals surface area (Å²) >= 11 is 5.96. The zero-order valence-corrected chi connectivity index (χ0v) is 12.7. The Balaban J connectivity index is 1.47. The molecule has 4 heteroatoms. The van der Waals surface area contributed by atoms with Gasteiger partial charge >= 0.3 is 0 Å². The highest BCUT2D eigenvalue weighted by Crippen LogP contribution is 2.43. The maximum Gasteiger partial charge on any atom is 0.226 e. The first kappa shape index (κ1) is 13.6. The minimum atomic E-state index is 0.0531. The molecule has 4 atom stereocenters. The molecule has 1 amide bonds. The highest BCUT2D eigenvalue weighted by molar-refractivity contribution is 6.30. The van der Waals surface area contributed by atoms with Crippen LogP contribution in [0.5, 0.6) is 0 Å². The number of carbonyl (C=O) groups is 1. The van der Waals surface area contributed by atoms with Crippen molar-refractivity contribution >= 4 is 17.5 Å². The normalized spacial score (nSPS) is 32.1. The molecule has 2 bridgehead atoms. The number of rotatable bonds is 4. The average Bonchev–Trinajstić information content (AvgIpc) is 3.11. The van der Waals surface area contributed by atoms with Crippen LogP contribution >= 0.6 is 11.6 Å². The molecule has 0 spiro atoms. The number of hydrogen-bond donors (Lipinski definition) is 1. The monoisotopic (exact) mass is 305 g/mol. The summed E-state index contributed by atoms with van der Waals surface area (Å²) in [5.74, 6) is 0.806. The lowest BCUT2D eigenvalue weighted by molar-refractivity contribution is -0.127. The first-order chi connectivity index (χ1) is 10.2. The molecule has 1 aliphatic carbocycles. The lowest BCUT2D eigenvalue weighted by Crippen LogP contribution is -2.38. The van der Waals surface area contributed by atoms with E-state index >= 15 is 0 Å². The van der Waals surface area contributed by atoms with E-state index in [2.05, 4.69) is 5.32 Å². The number of halogens is 1. The van der Waals surface area contributed by atoms with Gasteiger partial charge in [0.25, 0.3) is 0 Å². The van der Waals surface area contributed by atoms with E-state index in [9.17, 15) is 4.79 Å². The van der Waals surface area contributed by atoms with Crippen LogP contribution in [0.3, 0.4) is 0 Å². The first-order valence-electron chi connectivity index (χ1n) is 7.92. The third-order valence-electron chi connectivity index (χ3n) is 5.06. The molecule has 3 nitrogen and oxygen atoms in total. The van der Waals surface area contributed by atoms with Gasteiger partial charge in [0.2, 0.25) is 5.91 Å². The summed E-state index contributed by atoms with van der Waals surface area (Å²) in [7, 11) is 0. The topological polar surface area (TPSA) is 38.3 Å². The first-order valence-corrected chi connectivity index (χ1v) is 8.30. The van der Waals surface area contributed by atoms with Gasteiger partial charge in [-0.3, -0.25) is 4.79 Å². The van der Waals surface area contributed by atoms with Crippen molar-refractivity contribution in [2.24, 2.45) is 11.8 Å². The van der Waals surface area contributed by atoms with E-state index in [0.717, 1.165) is 24.3 Å². The van der Waals surface area contributed by atoms with Crippen LogP contribution in [0.2, 0.25) is 5.02 Å². The van der Waals surface area contributed by atoms with Gasteiger partial charge in [0.15, 0.2) is 0 Å². The van der Waals surface area contributed by atoms with E-state index in [1.807, 2.05) is 24.3 Å². The SMILES string of the molecule is O=C(N[C@H](c1ccc(Cl)cc1)C1CC1)[C@H]1C[C@H]2CC[C@H]1O2. The molecule has 1 aromatic rings. The number of fused-ring (bicyclic) bond motifs is 2. The molecular weight excluding hydrogens is 286 g/mol. The van der Waals surface area contributed by atoms with Crippen LogP contribution in [0.25, 0.3) is 0 Å². The van der Waals surface area contributed by atoms with Crippen LogP contribution in [0.15, 0.2) is 24.3 Å². The largest absolute Gasteiger partial charge is 0.374 e. The molecule has 1 N–H and O–H groups in total. The molecule has 3 fully saturated rings. The molecule has 2 aliphatic heterocycles. The highest BCUT2D eigenvalue weighted by atomic mass is 35.5. The molecule has 21 heavy (non-hydrogen) atoms. The third-order valence-corrected chi connectivity index (χ3v) is 5.32. The van der Waals surface area contributed by atoms with Crippen molar-refractivity contribution in [1.29, 1.82) is 0 Å². The van der Waals surface area contributed by atoms with E-state index in [1.54, 1.807) is 0 Å². The van der Waals surface area contributed by atoms with Gasteiger partial charge < -0.3 is 10.1 Å². The van der Waals surface area contributed by atoms with Crippen molar-refractivity contribution in [2.45, 2.75) is 50.4 Å². The Morgan fingerprint density at radius 1 is 1.19 bits per heavy atom. The lowest BCUT2D eigenvalue weighted by Gasteiger charge is -2.24. The Morgan fingerprint density at radius 2 is 1.95 bits per heavy atom. The summed E-state index contributed by atoms with van der Waals surface area (Å²) in [6.07, 6.45) is 5.92. The summed E-state index contributed by atoms with van der Waals surface area (Å²) in [5.41, 5.74) is 1.17. The molecule has 1 saturated carbocycles. The van der Waals surface area contributed by atoms with Gasteiger partial charge in [-0.15, -0.1) is 0 Å². The fourth-order valence-corrected chi connectivity index (χ4v) is 3.87. The van der Waals surface area contributed by atoms with Crippen LogP contribution in [-0.4, -0.2) is 18.1 Å². The number of amides is 1. The molecule has 0 aromatic heterocycles. The van der Waals surface area contributed by atoms with Crippen molar-refractivity contribution in [2.75, 3.05) is 0 Å². The number of carbonyl (C=O) groups excluding carboxylic acids is 1. The van der Waals surface area contributed by atoms with Crippen molar-refractivity contribution in [1.82, 2.24) is 5.32 Å². The summed E-state index contributed by atoms with van der Waals surface area (Å²) in [6, 6.07) is 8.00. The van der Waals surface area contributed by atoms with Gasteiger partial charge in [0.1, 0.15) is 0 Å². The lowest BCUT2D eigenvalue weighted by atomic mass is 9.88. The van der Waals surface area contributed by atoms with Crippen molar-refractivity contribution in [3.05, 3.63) is 34.9 Å². The van der Waals surface area contributed by atoms with Crippen molar-refractivity contribution in [3.63, 3.8) is 0 Å². The average molecular weight is 306 g/mol. The van der Waals surface area contributed by atoms with Crippen LogP contribution < -0.4 is 5.32 Å². The van der Waals surface area contributed by atoms with Crippen LogP contribution in [0.1, 0.15) is 43.7 Å². The maximum atomic E-state index is 12.6. The van der Waals surface area contributed by atoms with Crippen molar-refractivity contribution in [3.8, 4) is 0 Å². The van der Waals surface area contributed by atoms with Crippen LogP contribution in [0.4, 0.5) is 0 Å². The molecule has 2 heterocycles. The second kappa shape index (κ2) is 5.29. The summed E-state index contributed by atoms with van der Waals surface area (Å²) in [6.45, 7) is 0. The quantitative estimate of drug-likeness (QED) is 0.925. The van der Waals surface area contributed by atoms with Gasteiger partial charge in [-0.05, 0) is 55.7 Å². The minimum absolute atomic E-state index is 0.0531. The molecule has 0 radical (unpaired) electrons. The third kappa shape index (κ3) is 2.69. The molecule has 112 valence electrons. The van der Waals surface area contributed by atoms with Gasteiger partial charge in [-0.2, -0.15) is 0 Å². The molecular formula is C17H20ClNO2. The predicted octanol–water partition coefficient (Wildman–Crippen LogP) is 3.47. The van der Waals surface area contributed by atoms with Gasteiger partial charge in [0, 0.05) is 5.02 Å². The second-order valence-electron chi connectivity index (χ2n) is 6.59. The van der Waals surface area contributed by atoms with Crippen LogP contribution in [0, 0.1) is 11.8 Å². The standard InChI is InChI=1S/C17H20ClNO2/c18-12-5-3-11(4-6-12)16(10-1-2-10)19-17(20)14-9-13-7-8-15(14)21-13/h3-6,10,13-16H,1-2,7-9H2,(H,19,20)/t13-,14+,15-,16+/m1/s1. The molecule has 4 rings (SSSR count). The number of nitrogens with one attached hydrogen (secondary N) is 1. The van der Waals surface area contributed by atoms with Gasteiger partial charge in [-0.1, -0.05) is 23.7 Å². The fourth-order valence-electron chi connectivity index (χ4n) is 3.75. The molecule has 2 saturated heterocycles.